The van der Waals surface area contributed by atoms with Crippen LogP contribution in [0.5, 0.6) is 11.5 Å². The Kier molecular flexibility index (Phi) is 3.33. The minimum atomic E-state index is 0.0852. The molecular formula is C13H17NO3. The molecule has 0 fully saturated rings. The number of benzene rings is 1. The minimum absolute atomic E-state index is 0.0852. The van der Waals surface area contributed by atoms with Crippen molar-refractivity contribution in [3.05, 3.63) is 23.8 Å². The standard InChI is InChI=1S/C13H17NO3/c1-9(15)6-11(14(2)3)10-4-5-12-13(7-10)17-8-16-12/h4-5,7,11H,6,8H2,1-3H3. The van der Waals surface area contributed by atoms with E-state index >= 15 is 0 Å². The second-order valence-corrected chi connectivity index (χ2v) is 4.50. The van der Waals surface area contributed by atoms with E-state index in [2.05, 4.69) is 0 Å². The van der Waals surface area contributed by atoms with Crippen LogP contribution in [0.15, 0.2) is 18.2 Å². The van der Waals surface area contributed by atoms with Gasteiger partial charge in [0.15, 0.2) is 11.5 Å². The molecule has 2 rings (SSSR count). The van der Waals surface area contributed by atoms with Crippen LogP contribution in [0.1, 0.15) is 24.9 Å². The Hall–Kier alpha value is -1.55. The molecule has 1 atom stereocenters. The summed E-state index contributed by atoms with van der Waals surface area (Å²) in [4.78, 5) is 13.3. The molecule has 0 saturated carbocycles. The zero-order valence-corrected chi connectivity index (χ0v) is 10.4. The largest absolute Gasteiger partial charge is 0.454 e. The third-order valence-corrected chi connectivity index (χ3v) is 2.89. The third kappa shape index (κ3) is 2.58. The fourth-order valence-corrected chi connectivity index (χ4v) is 1.99. The van der Waals surface area contributed by atoms with E-state index in [0.717, 1.165) is 17.1 Å². The van der Waals surface area contributed by atoms with Crippen molar-refractivity contribution >= 4 is 5.78 Å². The number of fused-ring (bicyclic) bond motifs is 1. The van der Waals surface area contributed by atoms with Crippen LogP contribution >= 0.6 is 0 Å². The van der Waals surface area contributed by atoms with E-state index in [1.54, 1.807) is 6.92 Å². The molecule has 1 heterocycles. The van der Waals surface area contributed by atoms with Crippen LogP contribution in [0, 0.1) is 0 Å². The average molecular weight is 235 g/mol. The molecule has 0 N–H and O–H groups in total. The van der Waals surface area contributed by atoms with Crippen molar-refractivity contribution in [2.45, 2.75) is 19.4 Å². The molecule has 1 aromatic carbocycles. The van der Waals surface area contributed by atoms with Gasteiger partial charge in [-0.15, -0.1) is 0 Å². The number of carbonyl (C=O) groups is 1. The highest BCUT2D eigenvalue weighted by molar-refractivity contribution is 5.76. The summed E-state index contributed by atoms with van der Waals surface area (Å²) in [6, 6.07) is 5.92. The van der Waals surface area contributed by atoms with Crippen LogP contribution in [0.4, 0.5) is 0 Å². The lowest BCUT2D eigenvalue weighted by Gasteiger charge is -2.23. The van der Waals surface area contributed by atoms with Crippen LogP contribution in [0.3, 0.4) is 0 Å². The molecule has 1 unspecified atom stereocenters. The monoisotopic (exact) mass is 235 g/mol. The van der Waals surface area contributed by atoms with Crippen LogP contribution in [0.2, 0.25) is 0 Å². The van der Waals surface area contributed by atoms with Gasteiger partial charge < -0.3 is 14.4 Å². The molecule has 0 bridgehead atoms. The van der Waals surface area contributed by atoms with Crippen LogP contribution in [0.25, 0.3) is 0 Å². The summed E-state index contributed by atoms with van der Waals surface area (Å²) in [5.41, 5.74) is 1.08. The predicted molar refractivity (Wildman–Crippen MR) is 64.3 cm³/mol. The van der Waals surface area contributed by atoms with Crippen molar-refractivity contribution in [2.24, 2.45) is 0 Å². The maximum absolute atomic E-state index is 11.3. The van der Waals surface area contributed by atoms with Gasteiger partial charge in [0.1, 0.15) is 5.78 Å². The van der Waals surface area contributed by atoms with E-state index in [-0.39, 0.29) is 18.6 Å². The van der Waals surface area contributed by atoms with Crippen molar-refractivity contribution < 1.29 is 14.3 Å². The lowest BCUT2D eigenvalue weighted by atomic mass is 10.0. The Morgan fingerprint density at radius 2 is 2.06 bits per heavy atom. The molecule has 1 aliphatic rings. The number of ether oxygens (including phenoxy) is 2. The van der Waals surface area contributed by atoms with E-state index in [9.17, 15) is 4.79 Å². The summed E-state index contributed by atoms with van der Waals surface area (Å²) in [5.74, 6) is 1.72. The van der Waals surface area contributed by atoms with Gasteiger partial charge in [0.2, 0.25) is 6.79 Å². The highest BCUT2D eigenvalue weighted by Gasteiger charge is 2.20. The molecule has 0 radical (unpaired) electrons. The quantitative estimate of drug-likeness (QED) is 0.800. The van der Waals surface area contributed by atoms with E-state index in [0.29, 0.717) is 6.42 Å². The van der Waals surface area contributed by atoms with Crippen LogP contribution in [-0.4, -0.2) is 31.6 Å². The first-order chi connectivity index (χ1) is 8.08. The van der Waals surface area contributed by atoms with E-state index < -0.39 is 0 Å². The molecule has 0 aliphatic carbocycles. The molecule has 0 spiro atoms. The maximum atomic E-state index is 11.3. The SMILES string of the molecule is CC(=O)CC(c1ccc2c(c1)OCO2)N(C)C. The number of ketones is 1. The fraction of sp³-hybridized carbons (Fsp3) is 0.462. The normalized spacial score (nSPS) is 15.1. The molecule has 4 heteroatoms. The Balaban J connectivity index is 2.27. The van der Waals surface area contributed by atoms with Crippen LogP contribution in [-0.2, 0) is 4.79 Å². The summed E-state index contributed by atoms with van der Waals surface area (Å²) < 4.78 is 10.6. The number of hydrogen-bond donors (Lipinski definition) is 0. The lowest BCUT2D eigenvalue weighted by Crippen LogP contribution is -2.22. The van der Waals surface area contributed by atoms with Gasteiger partial charge in [-0.3, -0.25) is 4.79 Å². The average Bonchev–Trinajstić information content (AvgIpc) is 2.72. The van der Waals surface area contributed by atoms with Gasteiger partial charge in [0.05, 0.1) is 0 Å². The summed E-state index contributed by atoms with van der Waals surface area (Å²) in [6.07, 6.45) is 0.507. The van der Waals surface area contributed by atoms with Gasteiger partial charge in [0, 0.05) is 12.5 Å². The maximum Gasteiger partial charge on any atom is 0.231 e. The van der Waals surface area contributed by atoms with Crippen molar-refractivity contribution in [1.82, 2.24) is 4.90 Å². The molecule has 1 aromatic rings. The zero-order valence-electron chi connectivity index (χ0n) is 10.4. The first-order valence-corrected chi connectivity index (χ1v) is 5.63. The summed E-state index contributed by atoms with van der Waals surface area (Å²) in [5, 5.41) is 0. The molecule has 4 nitrogen and oxygen atoms in total. The molecule has 92 valence electrons. The van der Waals surface area contributed by atoms with Gasteiger partial charge >= 0.3 is 0 Å². The van der Waals surface area contributed by atoms with Gasteiger partial charge in [-0.05, 0) is 38.7 Å². The van der Waals surface area contributed by atoms with Crippen molar-refractivity contribution in [3.8, 4) is 11.5 Å². The number of carbonyl (C=O) groups excluding carboxylic acids is 1. The topological polar surface area (TPSA) is 38.8 Å². The summed E-state index contributed by atoms with van der Waals surface area (Å²) in [7, 11) is 3.94. The first-order valence-electron chi connectivity index (χ1n) is 5.63. The van der Waals surface area contributed by atoms with Crippen molar-refractivity contribution in [3.63, 3.8) is 0 Å². The third-order valence-electron chi connectivity index (χ3n) is 2.89. The molecule has 17 heavy (non-hydrogen) atoms. The fourth-order valence-electron chi connectivity index (χ4n) is 1.99. The highest BCUT2D eigenvalue weighted by atomic mass is 16.7. The lowest BCUT2D eigenvalue weighted by molar-refractivity contribution is -0.118. The summed E-state index contributed by atoms with van der Waals surface area (Å²) >= 11 is 0. The molecule has 0 saturated heterocycles. The van der Waals surface area contributed by atoms with E-state index in [1.807, 2.05) is 37.2 Å². The highest BCUT2D eigenvalue weighted by Crippen LogP contribution is 2.35. The van der Waals surface area contributed by atoms with E-state index in [1.165, 1.54) is 0 Å². The number of nitrogens with zero attached hydrogens (tertiary/aromatic N) is 1. The molecule has 0 aromatic heterocycles. The zero-order chi connectivity index (χ0) is 12.4. The number of rotatable bonds is 4. The minimum Gasteiger partial charge on any atom is -0.454 e. The smallest absolute Gasteiger partial charge is 0.231 e. The molecule has 0 amide bonds. The molecular weight excluding hydrogens is 218 g/mol. The van der Waals surface area contributed by atoms with Gasteiger partial charge in [-0.1, -0.05) is 6.07 Å². The van der Waals surface area contributed by atoms with Gasteiger partial charge in [-0.2, -0.15) is 0 Å². The van der Waals surface area contributed by atoms with Crippen LogP contribution < -0.4 is 9.47 Å². The number of Topliss-reactive ketones (excluding diaryl/α,β-unsaturated/α-hetero) is 1. The van der Waals surface area contributed by atoms with Gasteiger partial charge in [0.25, 0.3) is 0 Å². The van der Waals surface area contributed by atoms with Crippen molar-refractivity contribution in [1.29, 1.82) is 0 Å². The molecule has 1 aliphatic heterocycles. The first kappa shape index (κ1) is 11.9. The van der Waals surface area contributed by atoms with E-state index in [4.69, 9.17) is 9.47 Å². The Morgan fingerprint density at radius 1 is 1.35 bits per heavy atom. The predicted octanol–water partition coefficient (Wildman–Crippen LogP) is 2.00. The Labute approximate surface area is 101 Å². The number of hydrogen-bond acceptors (Lipinski definition) is 4. The second kappa shape index (κ2) is 4.75. The Morgan fingerprint density at radius 3 is 2.71 bits per heavy atom. The Bertz CT molecular complexity index is 429. The summed E-state index contributed by atoms with van der Waals surface area (Å²) in [6.45, 7) is 1.89. The second-order valence-electron chi connectivity index (χ2n) is 4.50. The van der Waals surface area contributed by atoms with Gasteiger partial charge in [-0.25, -0.2) is 0 Å². The van der Waals surface area contributed by atoms with Crippen molar-refractivity contribution in [2.75, 3.05) is 20.9 Å².